The molecule has 0 amide bonds. The summed E-state index contributed by atoms with van der Waals surface area (Å²) < 4.78 is 5.71. The van der Waals surface area contributed by atoms with Crippen LogP contribution in [0.3, 0.4) is 0 Å². The second-order valence-corrected chi connectivity index (χ2v) is 4.34. The summed E-state index contributed by atoms with van der Waals surface area (Å²) in [7, 11) is 0. The first-order valence-corrected chi connectivity index (χ1v) is 5.70. The van der Waals surface area contributed by atoms with Gasteiger partial charge in [-0.05, 0) is 18.2 Å². The Morgan fingerprint density at radius 2 is 2.29 bits per heavy atom. The quantitative estimate of drug-likeness (QED) is 0.941. The summed E-state index contributed by atoms with van der Waals surface area (Å²) in [5, 5.41) is 15.7. The van der Waals surface area contributed by atoms with Gasteiger partial charge < -0.3 is 9.84 Å². The normalized spacial score (nSPS) is 9.94. The molecule has 0 atom stereocenters. The average molecular weight is 293 g/mol. The Balaban J connectivity index is 2.09. The second kappa shape index (κ2) is 4.97. The highest BCUT2D eigenvalue weighted by molar-refractivity contribution is 9.10. The molecule has 0 saturated heterocycles. The molecule has 0 unspecified atom stereocenters. The lowest BCUT2D eigenvalue weighted by Gasteiger charge is -2.04. The molecule has 0 spiro atoms. The molecular weight excluding hydrogens is 284 g/mol. The molecule has 0 saturated carbocycles. The highest BCUT2D eigenvalue weighted by atomic mass is 79.9. The van der Waals surface area contributed by atoms with Crippen molar-refractivity contribution in [2.45, 2.75) is 13.5 Å². The maximum atomic E-state index is 8.84. The number of nitrogens with zero attached hydrogens (tertiary/aromatic N) is 3. The zero-order valence-electron chi connectivity index (χ0n) is 9.07. The topological polar surface area (TPSA) is 74.7 Å². The van der Waals surface area contributed by atoms with Crippen LogP contribution in [0.25, 0.3) is 0 Å². The van der Waals surface area contributed by atoms with Crippen LogP contribution in [0.1, 0.15) is 17.3 Å². The molecule has 2 aromatic rings. The largest absolute Gasteiger partial charge is 0.378 e. The van der Waals surface area contributed by atoms with E-state index in [4.69, 9.17) is 9.78 Å². The number of aromatic nitrogens is 2. The highest BCUT2D eigenvalue weighted by Gasteiger charge is 2.03. The van der Waals surface area contributed by atoms with Crippen LogP contribution in [-0.4, -0.2) is 10.1 Å². The van der Waals surface area contributed by atoms with E-state index in [1.54, 1.807) is 19.1 Å². The van der Waals surface area contributed by atoms with Gasteiger partial charge >= 0.3 is 0 Å². The van der Waals surface area contributed by atoms with Crippen molar-refractivity contribution < 1.29 is 4.52 Å². The number of anilines is 1. The van der Waals surface area contributed by atoms with E-state index in [1.165, 1.54) is 0 Å². The standard InChI is InChI=1S/C11H9BrN4O/c1-7-15-11(16-17-7)6-14-10-3-8(5-13)2-9(12)4-10/h2-4,14H,6H2,1H3. The fourth-order valence-corrected chi connectivity index (χ4v) is 1.84. The molecule has 0 fully saturated rings. The van der Waals surface area contributed by atoms with Crippen molar-refractivity contribution in [2.75, 3.05) is 5.32 Å². The van der Waals surface area contributed by atoms with Gasteiger partial charge in [-0.3, -0.25) is 0 Å². The first-order chi connectivity index (χ1) is 8.17. The Hall–Kier alpha value is -1.87. The number of rotatable bonds is 3. The molecule has 1 aromatic heterocycles. The summed E-state index contributed by atoms with van der Waals surface area (Å²) in [5.74, 6) is 1.12. The van der Waals surface area contributed by atoms with Crippen molar-refractivity contribution in [2.24, 2.45) is 0 Å². The van der Waals surface area contributed by atoms with Gasteiger partial charge in [0.2, 0.25) is 5.89 Å². The van der Waals surface area contributed by atoms with Gasteiger partial charge in [0.1, 0.15) is 0 Å². The van der Waals surface area contributed by atoms with E-state index in [1.807, 2.05) is 6.07 Å². The van der Waals surface area contributed by atoms with Gasteiger partial charge in [0.25, 0.3) is 0 Å². The molecule has 0 bridgehead atoms. The van der Waals surface area contributed by atoms with Crippen LogP contribution < -0.4 is 5.32 Å². The van der Waals surface area contributed by atoms with Crippen LogP contribution in [0.4, 0.5) is 5.69 Å². The molecule has 17 heavy (non-hydrogen) atoms. The van der Waals surface area contributed by atoms with E-state index in [9.17, 15) is 0 Å². The first kappa shape index (κ1) is 11.6. The van der Waals surface area contributed by atoms with E-state index in [0.29, 0.717) is 23.8 Å². The fourth-order valence-electron chi connectivity index (χ4n) is 1.35. The average Bonchev–Trinajstić information content (AvgIpc) is 2.72. The van der Waals surface area contributed by atoms with E-state index in [-0.39, 0.29) is 0 Å². The smallest absolute Gasteiger partial charge is 0.223 e. The maximum absolute atomic E-state index is 8.84. The van der Waals surface area contributed by atoms with Crippen molar-refractivity contribution in [3.8, 4) is 6.07 Å². The minimum absolute atomic E-state index is 0.457. The van der Waals surface area contributed by atoms with Crippen molar-refractivity contribution in [3.05, 3.63) is 40.0 Å². The van der Waals surface area contributed by atoms with Crippen LogP contribution in [0.5, 0.6) is 0 Å². The highest BCUT2D eigenvalue weighted by Crippen LogP contribution is 2.19. The molecule has 0 aliphatic rings. The Labute approximate surface area is 107 Å². The number of nitrogens with one attached hydrogen (secondary N) is 1. The number of benzene rings is 1. The van der Waals surface area contributed by atoms with Gasteiger partial charge in [0.05, 0.1) is 18.2 Å². The van der Waals surface area contributed by atoms with E-state index in [2.05, 4.69) is 37.5 Å². The Bertz CT molecular complexity index is 573. The third-order valence-electron chi connectivity index (χ3n) is 2.05. The monoisotopic (exact) mass is 292 g/mol. The number of hydrogen-bond donors (Lipinski definition) is 1. The molecular formula is C11H9BrN4O. The molecule has 1 N–H and O–H groups in total. The zero-order valence-corrected chi connectivity index (χ0v) is 10.7. The third-order valence-corrected chi connectivity index (χ3v) is 2.50. The van der Waals surface area contributed by atoms with Gasteiger partial charge in [-0.15, -0.1) is 0 Å². The summed E-state index contributed by atoms with van der Waals surface area (Å²) in [4.78, 5) is 4.07. The maximum Gasteiger partial charge on any atom is 0.223 e. The number of hydrogen-bond acceptors (Lipinski definition) is 5. The molecule has 2 rings (SSSR count). The fraction of sp³-hybridized carbons (Fsp3) is 0.182. The van der Waals surface area contributed by atoms with Crippen LogP contribution in [0.2, 0.25) is 0 Å². The van der Waals surface area contributed by atoms with Crippen molar-refractivity contribution in [3.63, 3.8) is 0 Å². The first-order valence-electron chi connectivity index (χ1n) is 4.91. The number of nitriles is 1. The molecule has 1 aromatic carbocycles. The van der Waals surface area contributed by atoms with Gasteiger partial charge in [0, 0.05) is 17.1 Å². The molecule has 6 heteroatoms. The SMILES string of the molecule is Cc1nc(CNc2cc(Br)cc(C#N)c2)no1. The summed E-state index contributed by atoms with van der Waals surface area (Å²) in [6.45, 7) is 2.20. The predicted molar refractivity (Wildman–Crippen MR) is 65.2 cm³/mol. The molecule has 5 nitrogen and oxygen atoms in total. The summed E-state index contributed by atoms with van der Waals surface area (Å²) in [6, 6.07) is 7.49. The van der Waals surface area contributed by atoms with E-state index < -0.39 is 0 Å². The molecule has 0 radical (unpaired) electrons. The van der Waals surface area contributed by atoms with Crippen LogP contribution in [0.15, 0.2) is 27.2 Å². The van der Waals surface area contributed by atoms with Crippen LogP contribution in [0, 0.1) is 18.3 Å². The van der Waals surface area contributed by atoms with Gasteiger partial charge in [-0.1, -0.05) is 21.1 Å². The zero-order chi connectivity index (χ0) is 12.3. The second-order valence-electron chi connectivity index (χ2n) is 3.42. The van der Waals surface area contributed by atoms with E-state index in [0.717, 1.165) is 10.2 Å². The third kappa shape index (κ3) is 3.04. The summed E-state index contributed by atoms with van der Waals surface area (Å²) in [5.41, 5.74) is 1.42. The molecule has 0 aliphatic heterocycles. The van der Waals surface area contributed by atoms with E-state index >= 15 is 0 Å². The minimum atomic E-state index is 0.457. The molecule has 86 valence electrons. The van der Waals surface area contributed by atoms with Crippen LogP contribution in [-0.2, 0) is 6.54 Å². The minimum Gasteiger partial charge on any atom is -0.378 e. The molecule has 1 heterocycles. The summed E-state index contributed by atoms with van der Waals surface area (Å²) >= 11 is 3.34. The van der Waals surface area contributed by atoms with Gasteiger partial charge in [-0.2, -0.15) is 10.2 Å². The van der Waals surface area contributed by atoms with Crippen molar-refractivity contribution >= 4 is 21.6 Å². The molecule has 0 aliphatic carbocycles. The lowest BCUT2D eigenvalue weighted by Crippen LogP contribution is -2.01. The van der Waals surface area contributed by atoms with Gasteiger partial charge in [0.15, 0.2) is 5.82 Å². The Morgan fingerprint density at radius 1 is 1.47 bits per heavy atom. The Kier molecular flexibility index (Phi) is 3.40. The lowest BCUT2D eigenvalue weighted by molar-refractivity contribution is 0.388. The van der Waals surface area contributed by atoms with Crippen LogP contribution >= 0.6 is 15.9 Å². The van der Waals surface area contributed by atoms with Crippen molar-refractivity contribution in [1.29, 1.82) is 5.26 Å². The lowest BCUT2D eigenvalue weighted by atomic mass is 10.2. The van der Waals surface area contributed by atoms with Crippen molar-refractivity contribution in [1.82, 2.24) is 10.1 Å². The number of halogens is 1. The number of aryl methyl sites for hydroxylation is 1. The Morgan fingerprint density at radius 3 is 2.94 bits per heavy atom. The predicted octanol–water partition coefficient (Wildman–Crippen LogP) is 2.62. The summed E-state index contributed by atoms with van der Waals surface area (Å²) in [6.07, 6.45) is 0. The van der Waals surface area contributed by atoms with Gasteiger partial charge in [-0.25, -0.2) is 0 Å².